The Kier molecular flexibility index (Phi) is 2.42. The van der Waals surface area contributed by atoms with E-state index in [1.807, 2.05) is 0 Å². The van der Waals surface area contributed by atoms with Gasteiger partial charge >= 0.3 is 0 Å². The predicted octanol–water partition coefficient (Wildman–Crippen LogP) is 2.81. The Morgan fingerprint density at radius 3 is 1.86 bits per heavy atom. The van der Waals surface area contributed by atoms with Crippen molar-refractivity contribution in [2.24, 2.45) is 0 Å². The van der Waals surface area contributed by atoms with E-state index in [2.05, 4.69) is 0 Å². The fourth-order valence-electron chi connectivity index (χ4n) is 0.855. The van der Waals surface area contributed by atoms with Crippen LogP contribution in [0, 0.1) is 0 Å². The van der Waals surface area contributed by atoms with Crippen LogP contribution in [0.2, 0.25) is 0 Å². The molecule has 1 rings (SSSR count). The van der Waals surface area contributed by atoms with Crippen LogP contribution in [0.1, 0.15) is 19.3 Å². The molecule has 1 aliphatic heterocycles. The van der Waals surface area contributed by atoms with Gasteiger partial charge in [-0.2, -0.15) is 0 Å². The Labute approximate surface area is 50.8 Å². The van der Waals surface area contributed by atoms with Gasteiger partial charge < -0.3 is 0 Å². The first-order valence-corrected chi connectivity index (χ1v) is 5.42. The van der Waals surface area contributed by atoms with Crippen molar-refractivity contribution in [3.63, 3.8) is 0 Å². The van der Waals surface area contributed by atoms with E-state index >= 15 is 0 Å². The standard InChI is InChI=1S/C5H10ClP/c6-7-4-2-1-3-5-7/h1-5H2. The third-order valence-electron chi connectivity index (χ3n) is 1.30. The summed E-state index contributed by atoms with van der Waals surface area (Å²) in [4.78, 5) is 0. The lowest BCUT2D eigenvalue weighted by atomic mass is 10.3. The van der Waals surface area contributed by atoms with Gasteiger partial charge in [0, 0.05) is 0 Å². The van der Waals surface area contributed by atoms with E-state index in [9.17, 15) is 0 Å². The molecule has 0 aromatic rings. The molecule has 0 nitrogen and oxygen atoms in total. The smallest absolute Gasteiger partial charge is 0.00973 e. The third kappa shape index (κ3) is 1.97. The van der Waals surface area contributed by atoms with Crippen LogP contribution < -0.4 is 0 Å². The fraction of sp³-hybridized carbons (Fsp3) is 1.00. The Morgan fingerprint density at radius 1 is 1.00 bits per heavy atom. The summed E-state index contributed by atoms with van der Waals surface area (Å²) in [6, 6.07) is 0. The van der Waals surface area contributed by atoms with Gasteiger partial charge in [0.2, 0.25) is 0 Å². The average molecular weight is 137 g/mol. The van der Waals surface area contributed by atoms with E-state index in [0.29, 0.717) is 0 Å². The Morgan fingerprint density at radius 2 is 1.57 bits per heavy atom. The zero-order valence-corrected chi connectivity index (χ0v) is 6.01. The molecule has 0 saturated carbocycles. The first kappa shape index (κ1) is 5.85. The quantitative estimate of drug-likeness (QED) is 0.449. The molecule has 7 heavy (non-hydrogen) atoms. The third-order valence-corrected chi connectivity index (χ3v) is 3.92. The first-order valence-electron chi connectivity index (χ1n) is 2.80. The van der Waals surface area contributed by atoms with Crippen LogP contribution in [0.15, 0.2) is 0 Å². The molecule has 0 amide bonds. The van der Waals surface area contributed by atoms with Crippen LogP contribution in [0.4, 0.5) is 0 Å². The number of rotatable bonds is 0. The molecule has 0 aromatic heterocycles. The first-order chi connectivity index (χ1) is 3.39. The van der Waals surface area contributed by atoms with Gasteiger partial charge in [-0.1, -0.05) is 17.7 Å². The van der Waals surface area contributed by atoms with Crippen molar-refractivity contribution in [3.8, 4) is 0 Å². The van der Waals surface area contributed by atoms with Crippen molar-refractivity contribution in [1.82, 2.24) is 0 Å². The van der Waals surface area contributed by atoms with E-state index in [1.165, 1.54) is 31.6 Å². The monoisotopic (exact) mass is 136 g/mol. The van der Waals surface area contributed by atoms with Crippen LogP contribution in [0.25, 0.3) is 0 Å². The maximum absolute atomic E-state index is 5.88. The van der Waals surface area contributed by atoms with Crippen molar-refractivity contribution in [3.05, 3.63) is 0 Å². The van der Waals surface area contributed by atoms with Gasteiger partial charge in [0.15, 0.2) is 0 Å². The van der Waals surface area contributed by atoms with Gasteiger partial charge in [0.25, 0.3) is 0 Å². The molecule has 1 aliphatic rings. The van der Waals surface area contributed by atoms with Crippen LogP contribution >= 0.6 is 18.5 Å². The number of halogens is 1. The molecule has 0 atom stereocenters. The summed E-state index contributed by atoms with van der Waals surface area (Å²) >= 11 is 5.88. The maximum atomic E-state index is 5.88. The van der Waals surface area contributed by atoms with Crippen LogP contribution in [-0.4, -0.2) is 12.3 Å². The second-order valence-electron chi connectivity index (χ2n) is 1.97. The maximum Gasteiger partial charge on any atom is -0.00973 e. The molecule has 1 heterocycles. The summed E-state index contributed by atoms with van der Waals surface area (Å²) in [5, 5.41) is 0. The van der Waals surface area contributed by atoms with Crippen molar-refractivity contribution >= 4 is 18.5 Å². The van der Waals surface area contributed by atoms with Crippen LogP contribution in [0.5, 0.6) is 0 Å². The molecular weight excluding hydrogens is 126 g/mol. The molecule has 42 valence electrons. The van der Waals surface area contributed by atoms with E-state index < -0.39 is 0 Å². The Balaban J connectivity index is 2.12. The molecule has 1 fully saturated rings. The highest BCUT2D eigenvalue weighted by atomic mass is 35.7. The van der Waals surface area contributed by atoms with E-state index in [1.54, 1.807) is 0 Å². The minimum Gasteiger partial charge on any atom is -0.0964 e. The van der Waals surface area contributed by atoms with E-state index in [-0.39, 0.29) is 7.27 Å². The molecular formula is C5H10ClP. The Hall–Kier alpha value is 0.720. The van der Waals surface area contributed by atoms with Gasteiger partial charge in [-0.25, -0.2) is 0 Å². The molecule has 0 bridgehead atoms. The lowest BCUT2D eigenvalue weighted by Crippen LogP contribution is -1.93. The highest BCUT2D eigenvalue weighted by Crippen LogP contribution is 2.45. The van der Waals surface area contributed by atoms with Crippen molar-refractivity contribution < 1.29 is 0 Å². The molecule has 0 spiro atoms. The van der Waals surface area contributed by atoms with E-state index in [4.69, 9.17) is 11.2 Å². The van der Waals surface area contributed by atoms with Gasteiger partial charge in [-0.3, -0.25) is 0 Å². The summed E-state index contributed by atoms with van der Waals surface area (Å²) in [6.07, 6.45) is 6.82. The number of hydrogen-bond donors (Lipinski definition) is 0. The lowest BCUT2D eigenvalue weighted by molar-refractivity contribution is 0.757. The van der Waals surface area contributed by atoms with Crippen molar-refractivity contribution in [2.45, 2.75) is 19.3 Å². The Bertz CT molecular complexity index is 50.0. The van der Waals surface area contributed by atoms with Gasteiger partial charge in [-0.05, 0) is 32.4 Å². The number of hydrogen-bond acceptors (Lipinski definition) is 0. The molecule has 0 N–H and O–H groups in total. The molecule has 0 aliphatic carbocycles. The van der Waals surface area contributed by atoms with Gasteiger partial charge in [0.05, 0.1) is 0 Å². The summed E-state index contributed by atoms with van der Waals surface area (Å²) in [6.45, 7) is 0. The van der Waals surface area contributed by atoms with Crippen molar-refractivity contribution in [1.29, 1.82) is 0 Å². The van der Waals surface area contributed by atoms with Crippen LogP contribution in [0.3, 0.4) is 0 Å². The average Bonchev–Trinajstić information content (AvgIpc) is 1.69. The molecule has 0 aromatic carbocycles. The summed E-state index contributed by atoms with van der Waals surface area (Å²) < 4.78 is 0. The zero-order chi connectivity index (χ0) is 5.11. The summed E-state index contributed by atoms with van der Waals surface area (Å²) in [5.41, 5.74) is 0. The van der Waals surface area contributed by atoms with Gasteiger partial charge in [0.1, 0.15) is 0 Å². The highest BCUT2D eigenvalue weighted by molar-refractivity contribution is 7.84. The summed E-state index contributed by atoms with van der Waals surface area (Å²) in [7, 11) is -0.0194. The highest BCUT2D eigenvalue weighted by Gasteiger charge is 2.07. The topological polar surface area (TPSA) is 0 Å². The van der Waals surface area contributed by atoms with Crippen LogP contribution in [-0.2, 0) is 0 Å². The lowest BCUT2D eigenvalue weighted by Gasteiger charge is -2.13. The largest absolute Gasteiger partial charge is 0.0964 e. The second-order valence-corrected chi connectivity index (χ2v) is 5.22. The van der Waals surface area contributed by atoms with Gasteiger partial charge in [-0.15, -0.1) is 0 Å². The van der Waals surface area contributed by atoms with Crippen molar-refractivity contribution in [2.75, 3.05) is 12.3 Å². The molecule has 0 unspecified atom stereocenters. The SMILES string of the molecule is ClP1CCCCC1. The molecule has 1 saturated heterocycles. The predicted molar refractivity (Wildman–Crippen MR) is 36.4 cm³/mol. The zero-order valence-electron chi connectivity index (χ0n) is 4.36. The summed E-state index contributed by atoms with van der Waals surface area (Å²) in [5.74, 6) is 0. The molecule has 0 radical (unpaired) electrons. The normalized spacial score (nSPS) is 25.3. The molecule has 2 heteroatoms. The second kappa shape index (κ2) is 2.89. The minimum atomic E-state index is -0.0194. The fourth-order valence-corrected chi connectivity index (χ4v) is 2.93. The minimum absolute atomic E-state index is 0.0194. The van der Waals surface area contributed by atoms with E-state index in [0.717, 1.165) is 0 Å².